The lowest BCUT2D eigenvalue weighted by atomic mass is 9.67. The molecule has 4 rings (SSSR count). The van der Waals surface area contributed by atoms with Gasteiger partial charge in [-0.25, -0.2) is 4.98 Å². The minimum atomic E-state index is -0.268. The Labute approximate surface area is 160 Å². The highest BCUT2D eigenvalue weighted by molar-refractivity contribution is 5.85. The fourth-order valence-corrected chi connectivity index (χ4v) is 3.64. The first-order valence-corrected chi connectivity index (χ1v) is 8.53. The van der Waals surface area contributed by atoms with E-state index in [0.29, 0.717) is 0 Å². The monoisotopic (exact) mass is 360 g/mol. The Kier molecular flexibility index (Phi) is 5.55. The second-order valence-electron chi connectivity index (χ2n) is 6.26. The van der Waals surface area contributed by atoms with Crippen LogP contribution in [0.4, 0.5) is 0 Å². The molecule has 1 heterocycles. The summed E-state index contributed by atoms with van der Waals surface area (Å²) in [6.45, 7) is 0. The summed E-state index contributed by atoms with van der Waals surface area (Å²) in [6, 6.07) is 32.2. The van der Waals surface area contributed by atoms with E-state index in [-0.39, 0.29) is 17.8 Å². The average Bonchev–Trinajstić information content (AvgIpc) is 3.21. The van der Waals surface area contributed by atoms with E-state index in [1.807, 2.05) is 6.20 Å². The van der Waals surface area contributed by atoms with Crippen molar-refractivity contribution < 1.29 is 0 Å². The number of halogens is 1. The average molecular weight is 361 g/mol. The number of aromatic amines is 1. The van der Waals surface area contributed by atoms with Gasteiger partial charge < -0.3 is 4.98 Å². The van der Waals surface area contributed by atoms with Crippen LogP contribution in [-0.4, -0.2) is 9.97 Å². The van der Waals surface area contributed by atoms with Gasteiger partial charge in [0, 0.05) is 18.3 Å². The van der Waals surface area contributed by atoms with Crippen LogP contribution in [0.2, 0.25) is 0 Å². The largest absolute Gasteiger partial charge is 0.348 e. The standard InChI is InChI=1S/C23H20N2.ClH/c1-4-10-19(11-5-1)23(16-22-17-24-18-25-22,20-12-6-2-7-13-20)21-14-8-3-9-15-21;/h1-15,17-18H,16H2,(H,24,25);1H. The maximum absolute atomic E-state index is 4.23. The number of nitrogens with one attached hydrogen (secondary N) is 1. The summed E-state index contributed by atoms with van der Waals surface area (Å²) in [5, 5.41) is 0. The molecule has 1 N–H and O–H groups in total. The van der Waals surface area contributed by atoms with E-state index in [4.69, 9.17) is 0 Å². The molecule has 0 saturated heterocycles. The molecule has 0 saturated carbocycles. The van der Waals surface area contributed by atoms with Crippen LogP contribution in [-0.2, 0) is 11.8 Å². The van der Waals surface area contributed by atoms with Crippen LogP contribution in [0.3, 0.4) is 0 Å². The minimum Gasteiger partial charge on any atom is -0.348 e. The second-order valence-corrected chi connectivity index (χ2v) is 6.26. The summed E-state index contributed by atoms with van der Waals surface area (Å²) < 4.78 is 0. The molecular weight excluding hydrogens is 340 g/mol. The van der Waals surface area contributed by atoms with Gasteiger partial charge >= 0.3 is 0 Å². The number of hydrogen-bond donors (Lipinski definition) is 1. The molecule has 1 aromatic heterocycles. The van der Waals surface area contributed by atoms with E-state index < -0.39 is 0 Å². The molecule has 0 aliphatic carbocycles. The lowest BCUT2D eigenvalue weighted by Crippen LogP contribution is -2.32. The zero-order valence-corrected chi connectivity index (χ0v) is 15.2. The molecule has 0 atom stereocenters. The first-order valence-electron chi connectivity index (χ1n) is 8.53. The van der Waals surface area contributed by atoms with E-state index in [2.05, 4.69) is 101 Å². The maximum Gasteiger partial charge on any atom is 0.0921 e. The number of benzene rings is 3. The predicted octanol–water partition coefficient (Wildman–Crippen LogP) is 5.41. The van der Waals surface area contributed by atoms with Crippen molar-refractivity contribution in [3.63, 3.8) is 0 Å². The molecule has 0 amide bonds. The molecule has 2 nitrogen and oxygen atoms in total. The Balaban J connectivity index is 0.00000196. The van der Waals surface area contributed by atoms with Crippen molar-refractivity contribution in [1.82, 2.24) is 9.97 Å². The number of aromatic nitrogens is 2. The first-order chi connectivity index (χ1) is 12.4. The van der Waals surface area contributed by atoms with Crippen LogP contribution in [0.5, 0.6) is 0 Å². The highest BCUT2D eigenvalue weighted by Crippen LogP contribution is 2.41. The fourth-order valence-electron chi connectivity index (χ4n) is 3.64. The van der Waals surface area contributed by atoms with Gasteiger partial charge in [0.25, 0.3) is 0 Å². The maximum atomic E-state index is 4.23. The highest BCUT2D eigenvalue weighted by atomic mass is 35.5. The third-order valence-electron chi connectivity index (χ3n) is 4.81. The van der Waals surface area contributed by atoms with E-state index in [0.717, 1.165) is 12.1 Å². The van der Waals surface area contributed by atoms with Gasteiger partial charge in [0.2, 0.25) is 0 Å². The first kappa shape index (κ1) is 18.0. The van der Waals surface area contributed by atoms with Crippen LogP contribution in [0.15, 0.2) is 104 Å². The Hall–Kier alpha value is -2.84. The number of imidazole rings is 1. The molecular formula is C23H21ClN2. The Morgan fingerprint density at radius 2 is 1.08 bits per heavy atom. The van der Waals surface area contributed by atoms with Crippen molar-refractivity contribution in [3.8, 4) is 0 Å². The minimum absolute atomic E-state index is 0. The fraction of sp³-hybridized carbons (Fsp3) is 0.0870. The van der Waals surface area contributed by atoms with E-state index in [1.54, 1.807) is 6.33 Å². The zero-order chi connectivity index (χ0) is 17.0. The molecule has 0 radical (unpaired) electrons. The summed E-state index contributed by atoms with van der Waals surface area (Å²) in [5.41, 5.74) is 4.69. The lowest BCUT2D eigenvalue weighted by molar-refractivity contribution is 0.604. The number of hydrogen-bond acceptors (Lipinski definition) is 1. The predicted molar refractivity (Wildman–Crippen MR) is 109 cm³/mol. The molecule has 0 aliphatic rings. The summed E-state index contributed by atoms with van der Waals surface area (Å²) in [5.74, 6) is 0. The molecule has 4 aromatic rings. The third kappa shape index (κ3) is 3.29. The van der Waals surface area contributed by atoms with Gasteiger partial charge in [0.05, 0.1) is 11.7 Å². The van der Waals surface area contributed by atoms with E-state index in [9.17, 15) is 0 Å². The summed E-state index contributed by atoms with van der Waals surface area (Å²) >= 11 is 0. The SMILES string of the molecule is Cl.c1ccc(C(Cc2cnc[nH]2)(c2ccccc2)c2ccccc2)cc1. The van der Waals surface area contributed by atoms with Gasteiger partial charge in [-0.3, -0.25) is 0 Å². The Morgan fingerprint density at radius 1 is 0.654 bits per heavy atom. The number of rotatable bonds is 5. The molecule has 0 unspecified atom stereocenters. The van der Waals surface area contributed by atoms with Crippen molar-refractivity contribution in [2.24, 2.45) is 0 Å². The van der Waals surface area contributed by atoms with Gasteiger partial charge in [-0.2, -0.15) is 0 Å². The van der Waals surface area contributed by atoms with Gasteiger partial charge in [0.1, 0.15) is 0 Å². The van der Waals surface area contributed by atoms with Crippen molar-refractivity contribution in [3.05, 3.63) is 126 Å². The van der Waals surface area contributed by atoms with Crippen LogP contribution in [0.1, 0.15) is 22.4 Å². The van der Waals surface area contributed by atoms with Gasteiger partial charge in [-0.15, -0.1) is 12.4 Å². The van der Waals surface area contributed by atoms with Gasteiger partial charge in [-0.05, 0) is 16.7 Å². The van der Waals surface area contributed by atoms with Crippen molar-refractivity contribution in [2.45, 2.75) is 11.8 Å². The van der Waals surface area contributed by atoms with Crippen LogP contribution >= 0.6 is 12.4 Å². The summed E-state index contributed by atoms with van der Waals surface area (Å²) in [4.78, 5) is 7.52. The van der Waals surface area contributed by atoms with Crippen LogP contribution in [0, 0.1) is 0 Å². The van der Waals surface area contributed by atoms with E-state index >= 15 is 0 Å². The van der Waals surface area contributed by atoms with Crippen molar-refractivity contribution in [2.75, 3.05) is 0 Å². The Bertz CT molecular complexity index is 808. The smallest absolute Gasteiger partial charge is 0.0921 e. The lowest BCUT2D eigenvalue weighted by Gasteiger charge is -2.35. The molecule has 26 heavy (non-hydrogen) atoms. The third-order valence-corrected chi connectivity index (χ3v) is 4.81. The zero-order valence-electron chi connectivity index (χ0n) is 14.4. The molecule has 0 aliphatic heterocycles. The van der Waals surface area contributed by atoms with Crippen molar-refractivity contribution in [1.29, 1.82) is 0 Å². The Morgan fingerprint density at radius 3 is 1.42 bits per heavy atom. The second kappa shape index (κ2) is 8.03. The molecule has 130 valence electrons. The molecule has 0 bridgehead atoms. The van der Waals surface area contributed by atoms with E-state index in [1.165, 1.54) is 16.7 Å². The van der Waals surface area contributed by atoms with Crippen LogP contribution in [0.25, 0.3) is 0 Å². The number of nitrogens with zero attached hydrogens (tertiary/aromatic N) is 1. The quantitative estimate of drug-likeness (QED) is 0.474. The number of H-pyrrole nitrogens is 1. The molecule has 0 spiro atoms. The van der Waals surface area contributed by atoms with Crippen molar-refractivity contribution >= 4 is 12.4 Å². The van der Waals surface area contributed by atoms with Gasteiger partial charge in [0.15, 0.2) is 0 Å². The highest BCUT2D eigenvalue weighted by Gasteiger charge is 2.36. The summed E-state index contributed by atoms with van der Waals surface area (Å²) in [7, 11) is 0. The summed E-state index contributed by atoms with van der Waals surface area (Å²) in [6.07, 6.45) is 4.50. The van der Waals surface area contributed by atoms with Crippen LogP contribution < -0.4 is 0 Å². The van der Waals surface area contributed by atoms with Gasteiger partial charge in [-0.1, -0.05) is 91.0 Å². The molecule has 0 fully saturated rings. The molecule has 3 heteroatoms. The normalized spacial score (nSPS) is 10.9. The molecule has 3 aromatic carbocycles. The topological polar surface area (TPSA) is 28.7 Å².